The molecule has 0 saturated heterocycles. The van der Waals surface area contributed by atoms with E-state index in [1.165, 1.54) is 6.08 Å². The largest absolute Gasteiger partial charge is 0.489 e. The van der Waals surface area contributed by atoms with Crippen LogP contribution in [0.2, 0.25) is 0 Å². The maximum Gasteiger partial charge on any atom is 0.240 e. The molecule has 0 spiro atoms. The highest BCUT2D eigenvalue weighted by atomic mass is 32.2. The fraction of sp³-hybridized carbons (Fsp3) is 0.214. The summed E-state index contributed by atoms with van der Waals surface area (Å²) in [7, 11) is -3.58. The van der Waals surface area contributed by atoms with Crippen molar-refractivity contribution in [2.24, 2.45) is 5.92 Å². The van der Waals surface area contributed by atoms with Crippen LogP contribution in [0.4, 0.5) is 5.69 Å². The quantitative estimate of drug-likeness (QED) is 0.422. The highest BCUT2D eigenvalue weighted by Gasteiger charge is 2.39. The second kappa shape index (κ2) is 9.49. The van der Waals surface area contributed by atoms with Crippen molar-refractivity contribution in [1.82, 2.24) is 4.72 Å². The molecule has 5 rings (SSSR count). The molecule has 0 radical (unpaired) electrons. The Morgan fingerprint density at radius 2 is 1.82 bits per heavy atom. The van der Waals surface area contributed by atoms with E-state index in [1.807, 2.05) is 42.5 Å². The Balaban J connectivity index is 1.45. The number of nitrogens with one attached hydrogen (secondary N) is 2. The molecule has 1 aliphatic heterocycles. The van der Waals surface area contributed by atoms with Gasteiger partial charge in [-0.25, -0.2) is 13.1 Å². The first kappa shape index (κ1) is 22.4. The number of ether oxygens (including phenoxy) is 1. The molecule has 1 heterocycles. The number of sulfonamides is 1. The Kier molecular flexibility index (Phi) is 6.26. The van der Waals surface area contributed by atoms with Gasteiger partial charge in [0.1, 0.15) is 12.4 Å². The van der Waals surface area contributed by atoms with E-state index >= 15 is 0 Å². The lowest BCUT2D eigenvalue weighted by molar-refractivity contribution is 0.296. The van der Waals surface area contributed by atoms with Gasteiger partial charge in [0.2, 0.25) is 10.0 Å². The van der Waals surface area contributed by atoms with Crippen LogP contribution in [0.3, 0.4) is 0 Å². The Labute approximate surface area is 201 Å². The molecule has 6 heteroatoms. The van der Waals surface area contributed by atoms with Crippen molar-refractivity contribution in [3.63, 3.8) is 0 Å². The zero-order valence-corrected chi connectivity index (χ0v) is 19.7. The summed E-state index contributed by atoms with van der Waals surface area (Å²) in [5, 5.41) is 3.69. The fourth-order valence-electron chi connectivity index (χ4n) is 4.90. The molecule has 1 aliphatic carbocycles. The number of hydrogen-bond donors (Lipinski definition) is 2. The zero-order chi connectivity index (χ0) is 23.5. The van der Waals surface area contributed by atoms with E-state index in [9.17, 15) is 8.42 Å². The summed E-state index contributed by atoms with van der Waals surface area (Å²) in [6.45, 7) is 4.30. The summed E-state index contributed by atoms with van der Waals surface area (Å²) in [6.07, 6.45) is 6.86. The van der Waals surface area contributed by atoms with Crippen molar-refractivity contribution in [2.45, 2.75) is 29.9 Å². The van der Waals surface area contributed by atoms with Gasteiger partial charge < -0.3 is 10.1 Å². The van der Waals surface area contributed by atoms with Gasteiger partial charge in [0, 0.05) is 23.7 Å². The van der Waals surface area contributed by atoms with Gasteiger partial charge in [-0.05, 0) is 47.7 Å². The summed E-state index contributed by atoms with van der Waals surface area (Å²) < 4.78 is 34.2. The number of benzene rings is 3. The second-order valence-corrected chi connectivity index (χ2v) is 10.4. The van der Waals surface area contributed by atoms with Crippen LogP contribution in [-0.4, -0.2) is 15.0 Å². The number of anilines is 1. The number of fused-ring (bicyclic) bond motifs is 3. The van der Waals surface area contributed by atoms with E-state index in [4.69, 9.17) is 4.74 Å². The standard InChI is InChI=1S/C28H28N2O3S/c1-2-17-29-34(31,32)21-15-16-26-25(18-21)22-12-8-13-23(22)28(30-26)24-11-6-7-14-27(24)33-19-20-9-4-3-5-10-20/h2-12,14-16,18,22-23,28-30H,1,13,17,19H2. The van der Waals surface area contributed by atoms with Gasteiger partial charge in [-0.1, -0.05) is 66.8 Å². The Hall–Kier alpha value is -3.35. The van der Waals surface area contributed by atoms with Crippen molar-refractivity contribution < 1.29 is 13.2 Å². The van der Waals surface area contributed by atoms with Gasteiger partial charge in [-0.15, -0.1) is 6.58 Å². The number of allylic oxidation sites excluding steroid dienone is 2. The Morgan fingerprint density at radius 3 is 2.65 bits per heavy atom. The Bertz CT molecular complexity index is 1320. The molecule has 3 unspecified atom stereocenters. The monoisotopic (exact) mass is 472 g/mol. The van der Waals surface area contributed by atoms with E-state index in [-0.39, 0.29) is 29.3 Å². The van der Waals surface area contributed by atoms with Crippen LogP contribution in [0.15, 0.2) is 102 Å². The van der Waals surface area contributed by atoms with Crippen LogP contribution < -0.4 is 14.8 Å². The molecule has 0 bridgehead atoms. The first-order chi connectivity index (χ1) is 16.6. The lowest BCUT2D eigenvalue weighted by atomic mass is 9.77. The topological polar surface area (TPSA) is 67.4 Å². The second-order valence-electron chi connectivity index (χ2n) is 8.68. The third kappa shape index (κ3) is 4.39. The van der Waals surface area contributed by atoms with Crippen LogP contribution in [0.5, 0.6) is 5.75 Å². The molecule has 34 heavy (non-hydrogen) atoms. The maximum absolute atomic E-state index is 12.7. The molecule has 0 amide bonds. The van der Waals surface area contributed by atoms with Crippen molar-refractivity contribution >= 4 is 15.7 Å². The first-order valence-electron chi connectivity index (χ1n) is 11.5. The fourth-order valence-corrected chi connectivity index (χ4v) is 5.94. The molecular weight excluding hydrogens is 444 g/mol. The predicted molar refractivity (Wildman–Crippen MR) is 135 cm³/mol. The molecule has 0 aromatic heterocycles. The highest BCUT2D eigenvalue weighted by molar-refractivity contribution is 7.89. The van der Waals surface area contributed by atoms with Gasteiger partial charge >= 0.3 is 0 Å². The van der Waals surface area contributed by atoms with Crippen molar-refractivity contribution in [3.8, 4) is 5.75 Å². The van der Waals surface area contributed by atoms with Crippen LogP contribution in [-0.2, 0) is 16.6 Å². The van der Waals surface area contributed by atoms with Crippen LogP contribution in [0, 0.1) is 5.92 Å². The van der Waals surface area contributed by atoms with Gasteiger partial charge in [-0.2, -0.15) is 0 Å². The van der Waals surface area contributed by atoms with Gasteiger partial charge in [0.15, 0.2) is 0 Å². The molecule has 3 aromatic carbocycles. The third-order valence-electron chi connectivity index (χ3n) is 6.55. The average molecular weight is 473 g/mol. The molecule has 2 aliphatic rings. The van der Waals surface area contributed by atoms with Crippen LogP contribution in [0.25, 0.3) is 0 Å². The lowest BCUT2D eigenvalue weighted by Crippen LogP contribution is -2.30. The summed E-state index contributed by atoms with van der Waals surface area (Å²) in [5.74, 6) is 1.27. The van der Waals surface area contributed by atoms with Gasteiger partial charge in [0.25, 0.3) is 0 Å². The number of rotatable bonds is 8. The summed E-state index contributed by atoms with van der Waals surface area (Å²) in [6, 6.07) is 23.7. The SMILES string of the molecule is C=CCNS(=O)(=O)c1ccc2c(c1)C1C=CCC1C(c1ccccc1OCc1ccccc1)N2. The average Bonchev–Trinajstić information content (AvgIpc) is 3.37. The summed E-state index contributed by atoms with van der Waals surface area (Å²) in [4.78, 5) is 0.277. The Morgan fingerprint density at radius 1 is 1.03 bits per heavy atom. The van der Waals surface area contributed by atoms with Crippen molar-refractivity contribution in [1.29, 1.82) is 0 Å². The van der Waals surface area contributed by atoms with Gasteiger partial charge in [0.05, 0.1) is 10.9 Å². The molecule has 3 atom stereocenters. The summed E-state index contributed by atoms with van der Waals surface area (Å²) >= 11 is 0. The van der Waals surface area contributed by atoms with Crippen LogP contribution >= 0.6 is 0 Å². The first-order valence-corrected chi connectivity index (χ1v) is 13.0. The molecule has 5 nitrogen and oxygen atoms in total. The van der Waals surface area contributed by atoms with Crippen LogP contribution in [0.1, 0.15) is 35.1 Å². The van der Waals surface area contributed by atoms with Crippen molar-refractivity contribution in [3.05, 3.63) is 114 Å². The summed E-state index contributed by atoms with van der Waals surface area (Å²) in [5.41, 5.74) is 4.21. The maximum atomic E-state index is 12.7. The molecule has 3 aromatic rings. The van der Waals surface area contributed by atoms with Crippen molar-refractivity contribution in [2.75, 3.05) is 11.9 Å². The minimum atomic E-state index is -3.58. The normalized spacial score (nSPS) is 20.8. The molecule has 0 fully saturated rings. The third-order valence-corrected chi connectivity index (χ3v) is 7.97. The molecule has 0 saturated carbocycles. The molecule has 174 valence electrons. The number of hydrogen-bond acceptors (Lipinski definition) is 4. The smallest absolute Gasteiger partial charge is 0.240 e. The minimum Gasteiger partial charge on any atom is -0.489 e. The lowest BCUT2D eigenvalue weighted by Gasteiger charge is -2.38. The molecule has 2 N–H and O–H groups in total. The predicted octanol–water partition coefficient (Wildman–Crippen LogP) is 5.56. The minimum absolute atomic E-state index is 0.0563. The zero-order valence-electron chi connectivity index (χ0n) is 18.9. The van der Waals surface area contributed by atoms with Gasteiger partial charge in [-0.3, -0.25) is 0 Å². The molecular formula is C28H28N2O3S. The van der Waals surface area contributed by atoms with E-state index in [2.05, 4.69) is 47.0 Å². The van der Waals surface area contributed by atoms with E-state index in [0.717, 1.165) is 34.5 Å². The van der Waals surface area contributed by atoms with E-state index in [1.54, 1.807) is 12.1 Å². The highest BCUT2D eigenvalue weighted by Crippen LogP contribution is 2.51. The van der Waals surface area contributed by atoms with E-state index < -0.39 is 10.0 Å². The number of para-hydroxylation sites is 1. The van der Waals surface area contributed by atoms with E-state index in [0.29, 0.717) is 6.61 Å².